The maximum atomic E-state index is 14.8. The van der Waals surface area contributed by atoms with Crippen LogP contribution in [0.25, 0.3) is 11.3 Å². The minimum atomic E-state index is -4.89. The van der Waals surface area contributed by atoms with E-state index in [1.54, 1.807) is 19.9 Å². The summed E-state index contributed by atoms with van der Waals surface area (Å²) in [6.45, 7) is 23.5. The van der Waals surface area contributed by atoms with Gasteiger partial charge in [-0.25, -0.2) is 6.58 Å². The van der Waals surface area contributed by atoms with Crippen LogP contribution in [0.1, 0.15) is 81.3 Å². The van der Waals surface area contributed by atoms with Crippen molar-refractivity contribution in [2.45, 2.75) is 77.6 Å². The minimum absolute atomic E-state index is 0. The first kappa shape index (κ1) is 49.7. The number of allylic oxidation sites excluding steroid dienone is 5. The second-order valence-electron chi connectivity index (χ2n) is 14.1. The van der Waals surface area contributed by atoms with Gasteiger partial charge in [-0.1, -0.05) is 19.1 Å². The van der Waals surface area contributed by atoms with Crippen LogP contribution in [0.4, 0.5) is 26.3 Å². The van der Waals surface area contributed by atoms with Gasteiger partial charge in [-0.3, -0.25) is 0 Å². The van der Waals surface area contributed by atoms with Crippen LogP contribution >= 0.6 is 28.9 Å². The summed E-state index contributed by atoms with van der Waals surface area (Å²) < 4.78 is 92.8. The van der Waals surface area contributed by atoms with Gasteiger partial charge in [0, 0.05) is 0 Å². The van der Waals surface area contributed by atoms with Crippen LogP contribution < -0.4 is 60.6 Å². The Bertz CT molecular complexity index is 1740. The maximum absolute atomic E-state index is 14.8. The molecule has 14 heteroatoms. The number of nitrogens with zero attached hydrogens (tertiary/aromatic N) is 2. The van der Waals surface area contributed by atoms with E-state index >= 15 is 0 Å². The predicted molar refractivity (Wildman–Crippen MR) is 213 cm³/mol. The van der Waals surface area contributed by atoms with Crippen LogP contribution in [0.5, 0.6) is 0 Å². The number of hydrogen-bond donors (Lipinski definition) is 3. The Morgan fingerprint density at radius 2 is 1.70 bits per heavy atom. The van der Waals surface area contributed by atoms with Gasteiger partial charge >= 0.3 is 294 Å². The van der Waals surface area contributed by atoms with Crippen molar-refractivity contribution in [3.63, 3.8) is 0 Å². The summed E-state index contributed by atoms with van der Waals surface area (Å²) in [4.78, 5) is 13.7. The van der Waals surface area contributed by atoms with Crippen molar-refractivity contribution in [1.82, 2.24) is 15.3 Å². The number of halogens is 8. The molecule has 2 aromatic rings. The van der Waals surface area contributed by atoms with E-state index in [2.05, 4.69) is 35.4 Å². The summed E-state index contributed by atoms with van der Waals surface area (Å²) in [6, 6.07) is 2.62. The molecule has 0 radical (unpaired) electrons. The van der Waals surface area contributed by atoms with E-state index in [9.17, 15) is 26.3 Å². The molecule has 290 valence electrons. The Morgan fingerprint density at radius 3 is 2.13 bits per heavy atom. The average Bonchev–Trinajstić information content (AvgIpc) is 3.79. The Hall–Kier alpha value is -1.33. The Balaban J connectivity index is 0.00000159. The topological polar surface area (TPSA) is 87.7 Å². The number of nitrogens with two attached hydrogens (primary N) is 1. The zero-order valence-corrected chi connectivity index (χ0v) is 38.0. The zero-order valence-electron chi connectivity index (χ0n) is 32.0. The molecule has 1 fully saturated rings. The van der Waals surface area contributed by atoms with Gasteiger partial charge in [-0.15, -0.1) is 0 Å². The van der Waals surface area contributed by atoms with E-state index in [4.69, 9.17) is 27.5 Å². The van der Waals surface area contributed by atoms with Gasteiger partial charge in [0.25, 0.3) is 0 Å². The first-order valence-corrected chi connectivity index (χ1v) is 26.2. The number of alkyl halides is 10. The molecular formula is C39H51ClF6IKN5-. The van der Waals surface area contributed by atoms with E-state index in [1.807, 2.05) is 28.6 Å². The predicted octanol–water partition coefficient (Wildman–Crippen LogP) is 8.41. The fourth-order valence-corrected chi connectivity index (χ4v) is 10.9. The van der Waals surface area contributed by atoms with Gasteiger partial charge in [0.15, 0.2) is 0 Å². The normalized spacial score (nSPS) is 16.2. The average molecular weight is 905 g/mol. The van der Waals surface area contributed by atoms with Gasteiger partial charge in [0.1, 0.15) is 0 Å². The molecule has 0 spiro atoms. The molecule has 4 rings (SSSR count). The molecule has 2 heterocycles. The third-order valence-electron chi connectivity index (χ3n) is 7.85. The van der Waals surface area contributed by atoms with Gasteiger partial charge in [-0.2, -0.15) is 6.42 Å². The number of rotatable bonds is 10. The quantitative estimate of drug-likeness (QED) is 0.0426. The van der Waals surface area contributed by atoms with E-state index in [0.29, 0.717) is 26.7 Å². The van der Waals surface area contributed by atoms with E-state index in [0.717, 1.165) is 12.6 Å². The monoisotopic (exact) mass is 904 g/mol. The van der Waals surface area contributed by atoms with Gasteiger partial charge in [0.2, 0.25) is 0 Å². The van der Waals surface area contributed by atoms with Gasteiger partial charge in [-0.05, 0) is 25.5 Å². The summed E-state index contributed by atoms with van der Waals surface area (Å²) >= 11 is 2.89. The fraction of sp³-hybridized carbons (Fsp3) is 0.436. The number of hydrogen-bond acceptors (Lipinski definition) is 5. The molecule has 53 heavy (non-hydrogen) atoms. The van der Waals surface area contributed by atoms with Crippen molar-refractivity contribution >= 4 is 34.6 Å². The third-order valence-corrected chi connectivity index (χ3v) is 12.7. The van der Waals surface area contributed by atoms with Crippen LogP contribution in [0.2, 0.25) is 5.02 Å². The molecule has 0 bridgehead atoms. The third kappa shape index (κ3) is 15.3. The molecule has 0 aliphatic heterocycles. The van der Waals surface area contributed by atoms with Crippen molar-refractivity contribution in [3.05, 3.63) is 113 Å². The van der Waals surface area contributed by atoms with Crippen LogP contribution in [0.15, 0.2) is 71.6 Å². The number of pyridine rings is 2. The molecule has 2 aliphatic carbocycles. The molecular weight excluding hydrogens is 854 g/mol. The number of aromatic nitrogens is 2. The van der Waals surface area contributed by atoms with Gasteiger partial charge < -0.3 is 12.3 Å². The van der Waals surface area contributed by atoms with Crippen molar-refractivity contribution in [1.29, 1.82) is 5.41 Å². The molecule has 0 saturated heterocycles. The van der Waals surface area contributed by atoms with Crippen LogP contribution in [-0.2, 0) is 12.6 Å². The molecule has 2 unspecified atom stereocenters. The van der Waals surface area contributed by atoms with Crippen molar-refractivity contribution < 1.29 is 77.7 Å². The SMILES string of the molecule is C=C1CC1.[CH-]=C1C=C(C(=C)NCC(c2cc(C(C)CI(C)(C)(C)N)c(CC)c(-c3ccnc(C(F)(F)F)c3Cl)n2)C(F)(F)F)C=C(C)C1=N.[CH2-]CC.[K+]. The molecule has 0 amide bonds. The smallest absolute Gasteiger partial charge is 0.364 e. The van der Waals surface area contributed by atoms with Gasteiger partial charge in [0.05, 0.1) is 0 Å². The van der Waals surface area contributed by atoms with Crippen LogP contribution in [0.3, 0.4) is 0 Å². The summed E-state index contributed by atoms with van der Waals surface area (Å²) in [5, 5.41) is 9.93. The molecule has 2 aromatic heterocycles. The molecule has 1 saturated carbocycles. The second kappa shape index (κ2) is 19.7. The Morgan fingerprint density at radius 1 is 1.15 bits per heavy atom. The second-order valence-corrected chi connectivity index (χ2v) is 31.0. The summed E-state index contributed by atoms with van der Waals surface area (Å²) in [5.74, 6) is -2.50. The van der Waals surface area contributed by atoms with E-state index in [1.165, 1.54) is 36.6 Å². The zero-order chi connectivity index (χ0) is 40.0. The minimum Gasteiger partial charge on any atom is -0.364 e. The summed E-state index contributed by atoms with van der Waals surface area (Å²) in [6.07, 6.45) is -1.89. The molecule has 5 nitrogen and oxygen atoms in total. The summed E-state index contributed by atoms with van der Waals surface area (Å²) in [7, 11) is 0. The van der Waals surface area contributed by atoms with E-state index in [-0.39, 0.29) is 97.7 Å². The molecule has 2 atom stereocenters. The standard InChI is InChI=1S/C32H38ClF6IN5.C4H6.C3H7.K/c1-9-22-24(19(4)15-40(6,7,8)42)14-26(45-29(22)23-10-11-43-30(27(23)33)32(37,38)39)25(31(34,35)36)16-44-20(5)21-12-17(2)28(41)18(3)13-21;1-4-2-3-4;1-3-2;/h2,10-14,19,25,41,44H,5,9,15-16,42H2,1,3-4,6-8H3;1-3H2;1,3H2,2H3;/q-1;;-1;+1. The van der Waals surface area contributed by atoms with Crippen molar-refractivity contribution in [2.24, 2.45) is 3.95 Å². The summed E-state index contributed by atoms with van der Waals surface area (Å²) in [5.41, 5.74) is 1.80. The van der Waals surface area contributed by atoms with Crippen LogP contribution in [-0.4, -0.2) is 47.6 Å². The fourth-order valence-electron chi connectivity index (χ4n) is 5.35. The van der Waals surface area contributed by atoms with E-state index < -0.39 is 52.9 Å². The van der Waals surface area contributed by atoms with Crippen molar-refractivity contribution in [3.8, 4) is 11.3 Å². The molecule has 2 aliphatic rings. The first-order valence-electron chi connectivity index (χ1n) is 16.6. The Kier molecular flexibility index (Phi) is 18.5. The molecule has 0 aromatic carbocycles. The first-order chi connectivity index (χ1) is 23.7. The molecule has 4 N–H and O–H groups in total. The Labute approximate surface area is 360 Å². The number of nitrogens with one attached hydrogen (secondary N) is 2. The van der Waals surface area contributed by atoms with Crippen molar-refractivity contribution in [2.75, 3.05) is 25.8 Å². The van der Waals surface area contributed by atoms with Crippen LogP contribution in [0, 0.1) is 18.9 Å².